The molecule has 0 heterocycles. The van der Waals surface area contributed by atoms with Gasteiger partial charge in [-0.05, 0) is 23.6 Å². The van der Waals surface area contributed by atoms with Crippen molar-refractivity contribution in [3.8, 4) is 0 Å². The maximum atomic E-state index is 11.3. The molecule has 0 spiro atoms. The van der Waals surface area contributed by atoms with Crippen molar-refractivity contribution >= 4 is 24.0 Å². The zero-order chi connectivity index (χ0) is 11.3. The van der Waals surface area contributed by atoms with E-state index in [4.69, 9.17) is 5.73 Å². The van der Waals surface area contributed by atoms with E-state index < -0.39 is 0 Å². The number of benzene rings is 1. The minimum Gasteiger partial charge on any atom is -0.330 e. The predicted molar refractivity (Wildman–Crippen MR) is 70.1 cm³/mol. The Bertz CT molecular complexity index is 340. The molecule has 0 aliphatic rings. The lowest BCUT2D eigenvalue weighted by Gasteiger charge is -2.09. The third kappa shape index (κ3) is 4.64. The fourth-order valence-corrected chi connectivity index (χ4v) is 1.33. The van der Waals surface area contributed by atoms with Crippen LogP contribution in [0.5, 0.6) is 0 Å². The first-order valence-corrected chi connectivity index (χ1v) is 5.23. The molecule has 0 fully saturated rings. The summed E-state index contributed by atoms with van der Waals surface area (Å²) in [5.74, 6) is 0.440. The summed E-state index contributed by atoms with van der Waals surface area (Å²) in [7, 11) is 0. The van der Waals surface area contributed by atoms with Crippen LogP contribution in [0.4, 0.5) is 5.69 Å². The van der Waals surface area contributed by atoms with E-state index in [9.17, 15) is 4.79 Å². The Hall–Kier alpha value is -1.06. The first kappa shape index (κ1) is 14.9. The van der Waals surface area contributed by atoms with Crippen molar-refractivity contribution in [2.45, 2.75) is 26.2 Å². The zero-order valence-corrected chi connectivity index (χ0v) is 10.5. The summed E-state index contributed by atoms with van der Waals surface area (Å²) < 4.78 is 0. The van der Waals surface area contributed by atoms with Crippen molar-refractivity contribution in [2.24, 2.45) is 5.73 Å². The molecule has 1 amide bonds. The maximum Gasteiger partial charge on any atom is 0.225 e. The van der Waals surface area contributed by atoms with Gasteiger partial charge in [-0.2, -0.15) is 0 Å². The van der Waals surface area contributed by atoms with Crippen LogP contribution in [0.1, 0.15) is 31.7 Å². The van der Waals surface area contributed by atoms with Crippen molar-refractivity contribution in [3.05, 3.63) is 29.8 Å². The van der Waals surface area contributed by atoms with E-state index in [-0.39, 0.29) is 18.3 Å². The molecule has 1 rings (SSSR count). The molecule has 3 N–H and O–H groups in total. The Morgan fingerprint density at radius 3 is 2.69 bits per heavy atom. The molecule has 0 saturated carbocycles. The van der Waals surface area contributed by atoms with Crippen LogP contribution >= 0.6 is 12.4 Å². The van der Waals surface area contributed by atoms with Gasteiger partial charge < -0.3 is 11.1 Å². The second-order valence-corrected chi connectivity index (χ2v) is 3.87. The molecule has 0 atom stereocenters. The second kappa shape index (κ2) is 7.25. The maximum absolute atomic E-state index is 11.3. The van der Waals surface area contributed by atoms with Crippen LogP contribution in [-0.4, -0.2) is 12.5 Å². The highest BCUT2D eigenvalue weighted by molar-refractivity contribution is 5.90. The molecular weight excluding hydrogens is 224 g/mol. The van der Waals surface area contributed by atoms with Gasteiger partial charge in [0.05, 0.1) is 0 Å². The van der Waals surface area contributed by atoms with Gasteiger partial charge >= 0.3 is 0 Å². The summed E-state index contributed by atoms with van der Waals surface area (Å²) in [4.78, 5) is 11.3. The van der Waals surface area contributed by atoms with E-state index in [1.54, 1.807) is 0 Å². The topological polar surface area (TPSA) is 55.1 Å². The highest BCUT2D eigenvalue weighted by Gasteiger charge is 2.03. The van der Waals surface area contributed by atoms with E-state index >= 15 is 0 Å². The molecule has 90 valence electrons. The number of anilines is 1. The van der Waals surface area contributed by atoms with Gasteiger partial charge in [0.25, 0.3) is 0 Å². The van der Waals surface area contributed by atoms with Gasteiger partial charge in [0.1, 0.15) is 0 Å². The molecule has 0 unspecified atom stereocenters. The molecule has 0 bridgehead atoms. The van der Waals surface area contributed by atoms with Gasteiger partial charge in [-0.25, -0.2) is 0 Å². The fourth-order valence-electron chi connectivity index (χ4n) is 1.33. The first-order chi connectivity index (χ1) is 7.13. The molecular formula is C12H19ClN2O. The predicted octanol–water partition coefficient (Wildman–Crippen LogP) is 2.52. The van der Waals surface area contributed by atoms with E-state index in [0.717, 1.165) is 5.69 Å². The quantitative estimate of drug-likeness (QED) is 0.853. The third-order valence-electron chi connectivity index (χ3n) is 2.21. The average molecular weight is 243 g/mol. The van der Waals surface area contributed by atoms with Crippen LogP contribution in [-0.2, 0) is 4.79 Å². The number of nitrogens with two attached hydrogens (primary N) is 1. The van der Waals surface area contributed by atoms with Crippen molar-refractivity contribution in [3.63, 3.8) is 0 Å². The van der Waals surface area contributed by atoms with Gasteiger partial charge in [-0.1, -0.05) is 26.0 Å². The minimum absolute atomic E-state index is 0. The standard InChI is InChI=1S/C12H18N2O.ClH/c1-9(2)10-4-3-5-11(8-10)14-12(15)6-7-13;/h3-5,8-9H,6-7,13H2,1-2H3,(H,14,15);1H. The molecule has 0 saturated heterocycles. The Balaban J connectivity index is 0.00000225. The van der Waals surface area contributed by atoms with Crippen molar-refractivity contribution in [1.82, 2.24) is 0 Å². The minimum atomic E-state index is -0.0293. The second-order valence-electron chi connectivity index (χ2n) is 3.87. The van der Waals surface area contributed by atoms with Crippen LogP contribution in [0, 0.1) is 0 Å². The van der Waals surface area contributed by atoms with E-state index in [0.29, 0.717) is 18.9 Å². The number of hydrogen-bond donors (Lipinski definition) is 2. The molecule has 1 aromatic rings. The smallest absolute Gasteiger partial charge is 0.225 e. The highest BCUT2D eigenvalue weighted by atomic mass is 35.5. The molecule has 0 aliphatic heterocycles. The normalized spacial score (nSPS) is 9.75. The molecule has 4 heteroatoms. The first-order valence-electron chi connectivity index (χ1n) is 5.23. The Kier molecular flexibility index (Phi) is 6.77. The van der Waals surface area contributed by atoms with Crippen molar-refractivity contribution in [1.29, 1.82) is 0 Å². The Morgan fingerprint density at radius 1 is 1.44 bits per heavy atom. The van der Waals surface area contributed by atoms with Crippen molar-refractivity contribution < 1.29 is 4.79 Å². The van der Waals surface area contributed by atoms with E-state index in [1.807, 2.05) is 18.2 Å². The summed E-state index contributed by atoms with van der Waals surface area (Å²) in [5.41, 5.74) is 7.37. The zero-order valence-electron chi connectivity index (χ0n) is 9.69. The summed E-state index contributed by atoms with van der Waals surface area (Å²) in [6, 6.07) is 7.90. The largest absolute Gasteiger partial charge is 0.330 e. The van der Waals surface area contributed by atoms with Crippen molar-refractivity contribution in [2.75, 3.05) is 11.9 Å². The fraction of sp³-hybridized carbons (Fsp3) is 0.417. The van der Waals surface area contributed by atoms with Crippen LogP contribution in [0.2, 0.25) is 0 Å². The van der Waals surface area contributed by atoms with Gasteiger partial charge in [0.2, 0.25) is 5.91 Å². The molecule has 1 aromatic carbocycles. The van der Waals surface area contributed by atoms with E-state index in [2.05, 4.69) is 25.2 Å². The number of carbonyl (C=O) groups excluding carboxylic acids is 1. The molecule has 0 aromatic heterocycles. The van der Waals surface area contributed by atoms with Crippen LogP contribution in [0.15, 0.2) is 24.3 Å². The monoisotopic (exact) mass is 242 g/mol. The number of carbonyl (C=O) groups is 1. The summed E-state index contributed by atoms with van der Waals surface area (Å²) in [6.07, 6.45) is 0.367. The van der Waals surface area contributed by atoms with Gasteiger partial charge in [-0.3, -0.25) is 4.79 Å². The Morgan fingerprint density at radius 2 is 2.12 bits per heavy atom. The molecule has 0 aliphatic carbocycles. The summed E-state index contributed by atoms with van der Waals surface area (Å²) >= 11 is 0. The molecule has 0 radical (unpaired) electrons. The van der Waals surface area contributed by atoms with Crippen LogP contribution in [0.3, 0.4) is 0 Å². The summed E-state index contributed by atoms with van der Waals surface area (Å²) in [6.45, 7) is 4.64. The Labute approximate surface area is 103 Å². The SMILES string of the molecule is CC(C)c1cccc(NC(=O)CCN)c1.Cl. The summed E-state index contributed by atoms with van der Waals surface area (Å²) in [5, 5.41) is 2.82. The van der Waals surface area contributed by atoms with Crippen LogP contribution < -0.4 is 11.1 Å². The molecule has 16 heavy (non-hydrogen) atoms. The number of halogens is 1. The molecule has 3 nitrogen and oxygen atoms in total. The van der Waals surface area contributed by atoms with Gasteiger partial charge in [-0.15, -0.1) is 12.4 Å². The van der Waals surface area contributed by atoms with E-state index in [1.165, 1.54) is 5.56 Å². The lowest BCUT2D eigenvalue weighted by molar-refractivity contribution is -0.116. The number of nitrogens with one attached hydrogen (secondary N) is 1. The van der Waals surface area contributed by atoms with Gasteiger partial charge in [0.15, 0.2) is 0 Å². The number of amides is 1. The van der Waals surface area contributed by atoms with Gasteiger partial charge in [0, 0.05) is 18.7 Å². The lowest BCUT2D eigenvalue weighted by atomic mass is 10.0. The number of rotatable bonds is 4. The average Bonchev–Trinajstić information content (AvgIpc) is 2.18. The van der Waals surface area contributed by atoms with Crippen LogP contribution in [0.25, 0.3) is 0 Å². The third-order valence-corrected chi connectivity index (χ3v) is 2.21. The lowest BCUT2D eigenvalue weighted by Crippen LogP contribution is -2.16. The highest BCUT2D eigenvalue weighted by Crippen LogP contribution is 2.18. The number of hydrogen-bond acceptors (Lipinski definition) is 2.